The highest BCUT2D eigenvalue weighted by atomic mass is 35.5. The van der Waals surface area contributed by atoms with Crippen molar-refractivity contribution in [3.05, 3.63) is 58.0 Å². The Kier molecular flexibility index (Phi) is 8.07. The number of amides is 1. The molecule has 0 N–H and O–H groups in total. The first-order valence-corrected chi connectivity index (χ1v) is 15.5. The third-order valence-corrected chi connectivity index (χ3v) is 10.6. The van der Waals surface area contributed by atoms with Gasteiger partial charge in [0.05, 0.1) is 24.2 Å². The zero-order chi connectivity index (χ0) is 30.5. The summed E-state index contributed by atoms with van der Waals surface area (Å²) in [6.07, 6.45) is 3.20. The fraction of sp³-hybridized carbons (Fsp3) is 0.562. The summed E-state index contributed by atoms with van der Waals surface area (Å²) >= 11 is 6.53. The van der Waals surface area contributed by atoms with Crippen molar-refractivity contribution in [2.45, 2.75) is 81.6 Å². The first kappa shape index (κ1) is 29.8. The molecule has 2 fully saturated rings. The van der Waals surface area contributed by atoms with Crippen molar-refractivity contribution in [2.24, 2.45) is 0 Å². The fourth-order valence-corrected chi connectivity index (χ4v) is 7.86. The molecule has 2 aromatic rings. The normalized spacial score (nSPS) is 28.5. The molecule has 1 aromatic carbocycles. The topological polar surface area (TPSA) is 85.6 Å². The second-order valence-corrected chi connectivity index (χ2v) is 12.8. The molecule has 0 bridgehead atoms. The quantitative estimate of drug-likeness (QED) is 0.413. The van der Waals surface area contributed by atoms with E-state index in [1.165, 1.54) is 4.90 Å². The third-order valence-electron chi connectivity index (χ3n) is 10.2. The molecule has 4 aliphatic rings. The third kappa shape index (κ3) is 5.14. The van der Waals surface area contributed by atoms with Crippen LogP contribution in [0.3, 0.4) is 0 Å². The van der Waals surface area contributed by atoms with Gasteiger partial charge in [-0.15, -0.1) is 0 Å². The number of nitriles is 1. The number of anilines is 1. The highest BCUT2D eigenvalue weighted by Crippen LogP contribution is 2.56. The van der Waals surface area contributed by atoms with E-state index in [4.69, 9.17) is 26.3 Å². The second kappa shape index (κ2) is 11.7. The van der Waals surface area contributed by atoms with E-state index in [9.17, 15) is 14.4 Å². The van der Waals surface area contributed by atoms with E-state index in [1.807, 2.05) is 23.1 Å². The molecule has 1 spiro atoms. The summed E-state index contributed by atoms with van der Waals surface area (Å²) in [5.41, 5.74) is 2.29. The number of likely N-dealkylation sites (tertiary alicyclic amines) is 1. The molecule has 1 amide bonds. The van der Waals surface area contributed by atoms with E-state index >= 15 is 4.39 Å². The van der Waals surface area contributed by atoms with Gasteiger partial charge in [0.15, 0.2) is 12.0 Å². The van der Waals surface area contributed by atoms with E-state index in [0.29, 0.717) is 61.4 Å². The van der Waals surface area contributed by atoms with Crippen molar-refractivity contribution < 1.29 is 18.3 Å². The van der Waals surface area contributed by atoms with Crippen molar-refractivity contribution in [1.29, 1.82) is 5.26 Å². The number of alkyl halides is 1. The maximum atomic E-state index is 17.0. The average molecular weight is 611 g/mol. The smallest absolute Gasteiger partial charge is 0.318 e. The zero-order valence-corrected chi connectivity index (χ0v) is 25.4. The fourth-order valence-electron chi connectivity index (χ4n) is 7.59. The van der Waals surface area contributed by atoms with Crippen LogP contribution in [-0.4, -0.2) is 77.1 Å². The molecule has 2 aliphatic heterocycles. The number of carbonyl (C=O) groups is 1. The van der Waals surface area contributed by atoms with Crippen LogP contribution in [0.15, 0.2) is 30.6 Å². The van der Waals surface area contributed by atoms with Gasteiger partial charge in [-0.25, -0.2) is 8.78 Å². The molecule has 0 saturated carbocycles. The Morgan fingerprint density at radius 1 is 1.21 bits per heavy atom. The van der Waals surface area contributed by atoms with Crippen molar-refractivity contribution in [1.82, 2.24) is 19.8 Å². The summed E-state index contributed by atoms with van der Waals surface area (Å²) in [5, 5.41) is 10.2. The number of hydrogen-bond acceptors (Lipinski definition) is 7. The van der Waals surface area contributed by atoms with Gasteiger partial charge in [-0.3, -0.25) is 9.69 Å². The minimum atomic E-state index is -1.39. The minimum Gasteiger partial charge on any atom is -0.462 e. The maximum Gasteiger partial charge on any atom is 0.318 e. The van der Waals surface area contributed by atoms with Crippen LogP contribution in [0.25, 0.3) is 0 Å². The van der Waals surface area contributed by atoms with Gasteiger partial charge < -0.3 is 14.5 Å². The number of aromatic nitrogens is 2. The van der Waals surface area contributed by atoms with E-state index in [1.54, 1.807) is 0 Å². The van der Waals surface area contributed by atoms with Gasteiger partial charge in [0, 0.05) is 47.7 Å². The standard InChI is InChI=1S/C32H37ClF2N6O2/c1-19-7-8-22(39(19)3)18-43-31-37-27-24(10-13-32(28(27)35)12-9-23-25(32)5-4-6-26(23)33)29(38-31)40-15-16-41(30(42)20(2)34)21(17-40)11-14-36/h4-6,19,21-22,28H,2,7-13,15-18H2,1,3H3/t19-,21+,22+,28+,32-/m1/s1. The summed E-state index contributed by atoms with van der Waals surface area (Å²) in [4.78, 5) is 27.7. The van der Waals surface area contributed by atoms with Crippen LogP contribution in [0, 0.1) is 11.3 Å². The lowest BCUT2D eigenvalue weighted by Crippen LogP contribution is -2.55. The Bertz CT molecular complexity index is 1480. The molecule has 2 aliphatic carbocycles. The SMILES string of the molecule is C=C(F)C(=O)N1CCN(c2nc(OC[C@@H]3CC[C@@H](C)N3C)nc3c2CC[C@@]2(CCc4c(Cl)cccc42)[C@H]3F)C[C@@H]1CC#N. The van der Waals surface area contributed by atoms with Crippen molar-refractivity contribution in [3.63, 3.8) is 0 Å². The highest BCUT2D eigenvalue weighted by molar-refractivity contribution is 6.31. The molecule has 6 rings (SSSR count). The summed E-state index contributed by atoms with van der Waals surface area (Å²) < 4.78 is 37.0. The van der Waals surface area contributed by atoms with Gasteiger partial charge >= 0.3 is 6.01 Å². The van der Waals surface area contributed by atoms with Crippen LogP contribution in [-0.2, 0) is 23.1 Å². The van der Waals surface area contributed by atoms with E-state index in [2.05, 4.69) is 31.5 Å². The first-order valence-electron chi connectivity index (χ1n) is 15.1. The van der Waals surface area contributed by atoms with Gasteiger partial charge in [-0.2, -0.15) is 15.2 Å². The van der Waals surface area contributed by atoms with Crippen LogP contribution in [0.5, 0.6) is 6.01 Å². The summed E-state index contributed by atoms with van der Waals surface area (Å²) in [7, 11) is 2.08. The predicted molar refractivity (Wildman–Crippen MR) is 160 cm³/mol. The second-order valence-electron chi connectivity index (χ2n) is 12.4. The Morgan fingerprint density at radius 2 is 1.98 bits per heavy atom. The molecule has 228 valence electrons. The number of benzene rings is 1. The number of fused-ring (bicyclic) bond motifs is 3. The molecule has 3 heterocycles. The Hall–Kier alpha value is -3.29. The van der Waals surface area contributed by atoms with Crippen LogP contribution < -0.4 is 9.64 Å². The van der Waals surface area contributed by atoms with Crippen LogP contribution >= 0.6 is 11.6 Å². The number of piperazine rings is 1. The highest BCUT2D eigenvalue weighted by Gasteiger charge is 2.51. The molecule has 43 heavy (non-hydrogen) atoms. The number of carbonyl (C=O) groups excluding carboxylic acids is 1. The number of hydrogen-bond donors (Lipinski definition) is 0. The number of likely N-dealkylation sites (N-methyl/N-ethyl adjacent to an activating group) is 1. The Balaban J connectivity index is 1.37. The molecule has 8 nitrogen and oxygen atoms in total. The largest absolute Gasteiger partial charge is 0.462 e. The molecule has 11 heteroatoms. The molecule has 5 atom stereocenters. The molecule has 0 radical (unpaired) electrons. The van der Waals surface area contributed by atoms with E-state index < -0.39 is 29.4 Å². The van der Waals surface area contributed by atoms with Gasteiger partial charge in [-0.1, -0.05) is 30.3 Å². The number of nitrogens with zero attached hydrogens (tertiary/aromatic N) is 6. The maximum absolute atomic E-state index is 17.0. The van der Waals surface area contributed by atoms with Crippen LogP contribution in [0.4, 0.5) is 14.6 Å². The molecule has 1 aromatic heterocycles. The zero-order valence-electron chi connectivity index (χ0n) is 24.7. The van der Waals surface area contributed by atoms with Gasteiger partial charge in [0.1, 0.15) is 12.4 Å². The predicted octanol–water partition coefficient (Wildman–Crippen LogP) is 5.25. The van der Waals surface area contributed by atoms with Crippen molar-refractivity contribution >= 4 is 23.3 Å². The lowest BCUT2D eigenvalue weighted by atomic mass is 9.68. The minimum absolute atomic E-state index is 0.0186. The number of ether oxygens (including phenoxy) is 1. The lowest BCUT2D eigenvalue weighted by Gasteiger charge is -2.43. The summed E-state index contributed by atoms with van der Waals surface area (Å²) in [5.74, 6) is -1.31. The van der Waals surface area contributed by atoms with Crippen molar-refractivity contribution in [2.75, 3.05) is 38.2 Å². The number of rotatable bonds is 6. The molecule has 2 saturated heterocycles. The average Bonchev–Trinajstić information content (AvgIpc) is 3.54. The molecular weight excluding hydrogens is 574 g/mol. The van der Waals surface area contributed by atoms with Gasteiger partial charge in [0.2, 0.25) is 0 Å². The number of halogens is 3. The monoisotopic (exact) mass is 610 g/mol. The van der Waals surface area contributed by atoms with Crippen LogP contribution in [0.1, 0.15) is 67.6 Å². The Labute approximate surface area is 256 Å². The van der Waals surface area contributed by atoms with Crippen LogP contribution in [0.2, 0.25) is 5.02 Å². The molecule has 0 unspecified atom stereocenters. The van der Waals surface area contributed by atoms with Crippen molar-refractivity contribution in [3.8, 4) is 12.1 Å². The Morgan fingerprint density at radius 3 is 2.67 bits per heavy atom. The summed E-state index contributed by atoms with van der Waals surface area (Å²) in [6, 6.07) is 8.06. The lowest BCUT2D eigenvalue weighted by molar-refractivity contribution is -0.131. The van der Waals surface area contributed by atoms with E-state index in [0.717, 1.165) is 29.5 Å². The van der Waals surface area contributed by atoms with E-state index in [-0.39, 0.29) is 31.6 Å². The van der Waals surface area contributed by atoms with Gasteiger partial charge in [0.25, 0.3) is 5.91 Å². The summed E-state index contributed by atoms with van der Waals surface area (Å²) in [6.45, 7) is 6.50. The first-order chi connectivity index (χ1) is 20.6. The molecular formula is C32H37ClF2N6O2. The van der Waals surface area contributed by atoms with Gasteiger partial charge in [-0.05, 0) is 69.7 Å².